The van der Waals surface area contributed by atoms with E-state index in [1.54, 1.807) is 19.1 Å². The fraction of sp³-hybridized carbons (Fsp3) is 0.650. The summed E-state index contributed by atoms with van der Waals surface area (Å²) in [5.74, 6) is 0.659. The zero-order valence-corrected chi connectivity index (χ0v) is 15.2. The maximum absolute atomic E-state index is 11.4. The normalized spacial score (nSPS) is 21.4. The van der Waals surface area contributed by atoms with Gasteiger partial charge in [0.2, 0.25) is 0 Å². The van der Waals surface area contributed by atoms with Crippen LogP contribution in [0.1, 0.15) is 43.0 Å². The Bertz CT molecular complexity index is 564. The molecule has 3 rings (SSSR count). The lowest BCUT2D eigenvalue weighted by Crippen LogP contribution is -2.46. The van der Waals surface area contributed by atoms with E-state index >= 15 is 0 Å². The first-order valence-corrected chi connectivity index (χ1v) is 9.50. The molecule has 1 aromatic carbocycles. The lowest BCUT2D eigenvalue weighted by Gasteiger charge is -2.37. The van der Waals surface area contributed by atoms with Crippen molar-refractivity contribution >= 4 is 5.78 Å². The third-order valence-electron chi connectivity index (χ3n) is 5.37. The number of ketones is 1. The molecular formula is C20H30N2O3. The fourth-order valence-electron chi connectivity index (χ4n) is 3.92. The summed E-state index contributed by atoms with van der Waals surface area (Å²) < 4.78 is 5.67. The molecule has 0 aromatic heterocycles. The van der Waals surface area contributed by atoms with Gasteiger partial charge in [0.25, 0.3) is 0 Å². The molecular weight excluding hydrogens is 316 g/mol. The van der Waals surface area contributed by atoms with Gasteiger partial charge in [0.1, 0.15) is 18.5 Å². The number of Topliss-reactive ketones (excluding diaryl/α,β-unsaturated/α-hetero) is 1. The number of carbonyl (C=O) groups excluding carboxylic acids is 1. The molecule has 5 nitrogen and oxygen atoms in total. The van der Waals surface area contributed by atoms with E-state index in [1.165, 1.54) is 38.8 Å². The molecule has 2 fully saturated rings. The number of rotatable bonds is 7. The van der Waals surface area contributed by atoms with Crippen LogP contribution < -0.4 is 4.74 Å². The van der Waals surface area contributed by atoms with Crippen LogP contribution in [0, 0.1) is 0 Å². The maximum Gasteiger partial charge on any atom is 0.159 e. The number of aliphatic hydroxyl groups is 1. The van der Waals surface area contributed by atoms with Gasteiger partial charge in [-0.1, -0.05) is 12.1 Å². The average molecular weight is 346 g/mol. The Morgan fingerprint density at radius 3 is 2.64 bits per heavy atom. The number of aliphatic hydroxyl groups excluding tert-OH is 1. The standard InChI is InChI=1S/C20H30N2O3/c1-16(23)17-5-4-6-20(13-17)25-15-19(24)14-21-11-7-18(8-12-21)22-9-2-3-10-22/h4-6,13,18-19,24H,2-3,7-12,14-15H2,1H3/t19-/m1/s1. The smallest absolute Gasteiger partial charge is 0.159 e. The summed E-state index contributed by atoms with van der Waals surface area (Å²) in [6.45, 7) is 7.09. The van der Waals surface area contributed by atoms with Crippen LogP contribution in [0.2, 0.25) is 0 Å². The summed E-state index contributed by atoms with van der Waals surface area (Å²) in [6, 6.07) is 7.87. The minimum Gasteiger partial charge on any atom is -0.491 e. The van der Waals surface area contributed by atoms with Crippen LogP contribution in [-0.4, -0.2) is 72.2 Å². The minimum atomic E-state index is -0.510. The lowest BCUT2D eigenvalue weighted by molar-refractivity contribution is 0.0476. The van der Waals surface area contributed by atoms with Gasteiger partial charge in [0.15, 0.2) is 5.78 Å². The molecule has 0 amide bonds. The van der Waals surface area contributed by atoms with E-state index in [0.29, 0.717) is 17.9 Å². The molecule has 2 aliphatic heterocycles. The Morgan fingerprint density at radius 2 is 1.96 bits per heavy atom. The van der Waals surface area contributed by atoms with E-state index in [4.69, 9.17) is 4.74 Å². The second-order valence-electron chi connectivity index (χ2n) is 7.32. The lowest BCUT2D eigenvalue weighted by atomic mass is 10.0. The van der Waals surface area contributed by atoms with Gasteiger partial charge in [0.05, 0.1) is 0 Å². The quantitative estimate of drug-likeness (QED) is 0.767. The molecule has 1 N–H and O–H groups in total. The van der Waals surface area contributed by atoms with Crippen LogP contribution in [0.25, 0.3) is 0 Å². The number of β-amino-alcohol motifs (C(OH)–C–C–N with tert-alkyl or cyclic N) is 1. The van der Waals surface area contributed by atoms with Gasteiger partial charge < -0.3 is 19.6 Å². The topological polar surface area (TPSA) is 53.0 Å². The molecule has 1 aromatic rings. The van der Waals surface area contributed by atoms with Gasteiger partial charge >= 0.3 is 0 Å². The monoisotopic (exact) mass is 346 g/mol. The Kier molecular flexibility index (Phi) is 6.45. The van der Waals surface area contributed by atoms with Crippen LogP contribution in [0.5, 0.6) is 5.75 Å². The molecule has 1 atom stereocenters. The summed E-state index contributed by atoms with van der Waals surface area (Å²) in [7, 11) is 0. The molecule has 138 valence electrons. The highest BCUT2D eigenvalue weighted by Crippen LogP contribution is 2.21. The van der Waals surface area contributed by atoms with Crippen molar-refractivity contribution in [2.45, 2.75) is 44.8 Å². The fourth-order valence-corrected chi connectivity index (χ4v) is 3.92. The Hall–Kier alpha value is -1.43. The highest BCUT2D eigenvalue weighted by molar-refractivity contribution is 5.94. The summed E-state index contributed by atoms with van der Waals surface area (Å²) in [5.41, 5.74) is 0.635. The number of ether oxygens (including phenoxy) is 1. The molecule has 0 bridgehead atoms. The van der Waals surface area contributed by atoms with Gasteiger partial charge in [-0.3, -0.25) is 4.79 Å². The van der Waals surface area contributed by atoms with Crippen molar-refractivity contribution in [3.05, 3.63) is 29.8 Å². The first-order valence-electron chi connectivity index (χ1n) is 9.50. The van der Waals surface area contributed by atoms with Crippen molar-refractivity contribution in [2.24, 2.45) is 0 Å². The van der Waals surface area contributed by atoms with Crippen molar-refractivity contribution in [1.29, 1.82) is 0 Å². The Morgan fingerprint density at radius 1 is 1.24 bits per heavy atom. The molecule has 0 aliphatic carbocycles. The molecule has 2 aliphatic rings. The van der Waals surface area contributed by atoms with Gasteiger partial charge in [-0.15, -0.1) is 0 Å². The molecule has 0 saturated carbocycles. The third-order valence-corrected chi connectivity index (χ3v) is 5.37. The van der Waals surface area contributed by atoms with Crippen LogP contribution in [0.3, 0.4) is 0 Å². The zero-order chi connectivity index (χ0) is 17.6. The zero-order valence-electron chi connectivity index (χ0n) is 15.2. The predicted molar refractivity (Wildman–Crippen MR) is 98.2 cm³/mol. The van der Waals surface area contributed by atoms with Crippen LogP contribution in [0.15, 0.2) is 24.3 Å². The van der Waals surface area contributed by atoms with E-state index in [2.05, 4.69) is 9.80 Å². The average Bonchev–Trinajstić information content (AvgIpc) is 3.15. The number of likely N-dealkylation sites (tertiary alicyclic amines) is 2. The second kappa shape index (κ2) is 8.79. The summed E-state index contributed by atoms with van der Waals surface area (Å²) >= 11 is 0. The maximum atomic E-state index is 11.4. The number of benzene rings is 1. The highest BCUT2D eigenvalue weighted by atomic mass is 16.5. The number of hydrogen-bond acceptors (Lipinski definition) is 5. The summed E-state index contributed by atoms with van der Waals surface area (Å²) in [5, 5.41) is 10.3. The molecule has 0 radical (unpaired) electrons. The number of nitrogens with zero attached hydrogens (tertiary/aromatic N) is 2. The molecule has 25 heavy (non-hydrogen) atoms. The van der Waals surface area contributed by atoms with Crippen molar-refractivity contribution in [3.8, 4) is 5.75 Å². The van der Waals surface area contributed by atoms with E-state index < -0.39 is 6.10 Å². The Balaban J connectivity index is 1.39. The van der Waals surface area contributed by atoms with Crippen LogP contribution in [0.4, 0.5) is 0 Å². The molecule has 2 saturated heterocycles. The molecule has 5 heteroatoms. The van der Waals surface area contributed by atoms with Gasteiger partial charge in [-0.2, -0.15) is 0 Å². The van der Waals surface area contributed by atoms with Crippen molar-refractivity contribution < 1.29 is 14.6 Å². The first-order chi connectivity index (χ1) is 12.1. The van der Waals surface area contributed by atoms with Crippen LogP contribution in [-0.2, 0) is 0 Å². The van der Waals surface area contributed by atoms with Gasteiger partial charge in [-0.05, 0) is 70.9 Å². The number of hydrogen-bond donors (Lipinski definition) is 1. The predicted octanol–water partition coefficient (Wildman–Crippen LogP) is 2.19. The molecule has 0 spiro atoms. The second-order valence-corrected chi connectivity index (χ2v) is 7.32. The van der Waals surface area contributed by atoms with Gasteiger partial charge in [0, 0.05) is 18.2 Å². The molecule has 2 heterocycles. The van der Waals surface area contributed by atoms with E-state index in [0.717, 1.165) is 19.1 Å². The van der Waals surface area contributed by atoms with Gasteiger partial charge in [-0.25, -0.2) is 0 Å². The Labute approximate surface area is 150 Å². The first kappa shape index (κ1) is 18.4. The number of piperidine rings is 1. The number of carbonyl (C=O) groups is 1. The minimum absolute atomic E-state index is 0.0203. The summed E-state index contributed by atoms with van der Waals surface area (Å²) in [4.78, 5) is 16.4. The largest absolute Gasteiger partial charge is 0.491 e. The third kappa shape index (κ3) is 5.27. The summed E-state index contributed by atoms with van der Waals surface area (Å²) in [6.07, 6.45) is 4.59. The highest BCUT2D eigenvalue weighted by Gasteiger charge is 2.27. The van der Waals surface area contributed by atoms with E-state index in [1.807, 2.05) is 12.1 Å². The van der Waals surface area contributed by atoms with Crippen molar-refractivity contribution in [2.75, 3.05) is 39.3 Å². The van der Waals surface area contributed by atoms with Crippen LogP contribution >= 0.6 is 0 Å². The van der Waals surface area contributed by atoms with Crippen molar-refractivity contribution in [1.82, 2.24) is 9.80 Å². The SMILES string of the molecule is CC(=O)c1cccc(OC[C@H](O)CN2CCC(N3CCCC3)CC2)c1. The molecule has 0 unspecified atom stereocenters. The van der Waals surface area contributed by atoms with E-state index in [-0.39, 0.29) is 12.4 Å². The van der Waals surface area contributed by atoms with Crippen molar-refractivity contribution in [3.63, 3.8) is 0 Å². The van der Waals surface area contributed by atoms with E-state index in [9.17, 15) is 9.90 Å².